The van der Waals surface area contributed by atoms with Crippen LogP contribution in [0.15, 0.2) is 4.99 Å². The SMILES string of the molecule is CCNC(=NCCS(=O)(=O)NCC1CCC1)N1CCC(CC(=O)NC)CC1.I. The predicted octanol–water partition coefficient (Wildman–Crippen LogP) is 1.14. The molecule has 2 fully saturated rings. The van der Waals surface area contributed by atoms with E-state index in [0.29, 0.717) is 24.8 Å². The van der Waals surface area contributed by atoms with Crippen LogP contribution < -0.4 is 15.4 Å². The maximum Gasteiger partial charge on any atom is 0.220 e. The van der Waals surface area contributed by atoms with Gasteiger partial charge in [-0.2, -0.15) is 0 Å². The third-order valence-corrected chi connectivity index (χ3v) is 6.77. The van der Waals surface area contributed by atoms with Crippen LogP contribution in [0.3, 0.4) is 0 Å². The van der Waals surface area contributed by atoms with Gasteiger partial charge in [0.05, 0.1) is 12.3 Å². The Morgan fingerprint density at radius 1 is 1.14 bits per heavy atom. The molecule has 2 rings (SSSR count). The first kappa shape index (κ1) is 25.4. The topological polar surface area (TPSA) is 103 Å². The first-order chi connectivity index (χ1) is 12.9. The van der Waals surface area contributed by atoms with Gasteiger partial charge in [-0.25, -0.2) is 13.1 Å². The van der Waals surface area contributed by atoms with Crippen molar-refractivity contribution in [3.05, 3.63) is 0 Å². The number of nitrogens with one attached hydrogen (secondary N) is 3. The Morgan fingerprint density at radius 3 is 2.36 bits per heavy atom. The van der Waals surface area contributed by atoms with E-state index in [1.807, 2.05) is 6.92 Å². The molecule has 0 atom stereocenters. The van der Waals surface area contributed by atoms with Gasteiger partial charge in [0.25, 0.3) is 0 Å². The fraction of sp³-hybridized carbons (Fsp3) is 0.889. The largest absolute Gasteiger partial charge is 0.359 e. The molecule has 1 aliphatic carbocycles. The summed E-state index contributed by atoms with van der Waals surface area (Å²) in [6.07, 6.45) is 5.92. The zero-order chi connectivity index (χ0) is 19.7. The summed E-state index contributed by atoms with van der Waals surface area (Å²) >= 11 is 0. The quantitative estimate of drug-likeness (QED) is 0.236. The number of carbonyl (C=O) groups excluding carboxylic acids is 1. The summed E-state index contributed by atoms with van der Waals surface area (Å²) < 4.78 is 26.9. The van der Waals surface area contributed by atoms with Crippen LogP contribution in [0.25, 0.3) is 0 Å². The van der Waals surface area contributed by atoms with Crippen LogP contribution in [-0.2, 0) is 14.8 Å². The highest BCUT2D eigenvalue weighted by molar-refractivity contribution is 14.0. The van der Waals surface area contributed by atoms with Crippen molar-refractivity contribution in [2.24, 2.45) is 16.8 Å². The van der Waals surface area contributed by atoms with E-state index >= 15 is 0 Å². The van der Waals surface area contributed by atoms with Gasteiger partial charge in [0, 0.05) is 39.6 Å². The van der Waals surface area contributed by atoms with Gasteiger partial charge in [-0.05, 0) is 44.4 Å². The first-order valence-corrected chi connectivity index (χ1v) is 11.8. The van der Waals surface area contributed by atoms with Crippen molar-refractivity contribution >= 4 is 45.9 Å². The van der Waals surface area contributed by atoms with Crippen molar-refractivity contribution in [2.75, 3.05) is 45.5 Å². The first-order valence-electron chi connectivity index (χ1n) is 10.1. The Labute approximate surface area is 186 Å². The number of guanidine groups is 1. The van der Waals surface area contributed by atoms with Crippen LogP contribution in [0.4, 0.5) is 0 Å². The van der Waals surface area contributed by atoms with Crippen molar-refractivity contribution < 1.29 is 13.2 Å². The Bertz CT molecular complexity index is 602. The molecule has 1 saturated heterocycles. The lowest BCUT2D eigenvalue weighted by Crippen LogP contribution is -2.46. The third-order valence-electron chi connectivity index (χ3n) is 5.44. The van der Waals surface area contributed by atoms with Crippen molar-refractivity contribution in [1.29, 1.82) is 0 Å². The average molecular weight is 529 g/mol. The average Bonchev–Trinajstić information content (AvgIpc) is 2.60. The number of halogens is 1. The fourth-order valence-corrected chi connectivity index (χ4v) is 4.39. The van der Waals surface area contributed by atoms with E-state index in [2.05, 4.69) is 25.2 Å². The van der Waals surface area contributed by atoms with Gasteiger partial charge in [0.15, 0.2) is 5.96 Å². The van der Waals surface area contributed by atoms with Gasteiger partial charge < -0.3 is 15.5 Å². The van der Waals surface area contributed by atoms with Gasteiger partial charge in [0.2, 0.25) is 15.9 Å². The fourth-order valence-electron chi connectivity index (χ4n) is 3.42. The van der Waals surface area contributed by atoms with Crippen LogP contribution in [0.1, 0.15) is 45.4 Å². The zero-order valence-electron chi connectivity index (χ0n) is 17.1. The summed E-state index contributed by atoms with van der Waals surface area (Å²) in [5.41, 5.74) is 0. The molecule has 8 nitrogen and oxygen atoms in total. The van der Waals surface area contributed by atoms with Crippen molar-refractivity contribution in [1.82, 2.24) is 20.3 Å². The number of amides is 1. The molecule has 164 valence electrons. The lowest BCUT2D eigenvalue weighted by atomic mass is 9.86. The number of aliphatic imine (C=N–C) groups is 1. The smallest absolute Gasteiger partial charge is 0.220 e. The minimum absolute atomic E-state index is 0. The second-order valence-electron chi connectivity index (χ2n) is 7.51. The highest BCUT2D eigenvalue weighted by Crippen LogP contribution is 2.25. The van der Waals surface area contributed by atoms with Gasteiger partial charge in [0.1, 0.15) is 0 Å². The molecule has 0 unspecified atom stereocenters. The Kier molecular flexibility index (Phi) is 11.7. The van der Waals surface area contributed by atoms with Crippen LogP contribution in [0.5, 0.6) is 0 Å². The molecule has 0 spiro atoms. The van der Waals surface area contributed by atoms with Gasteiger partial charge in [-0.1, -0.05) is 6.42 Å². The molecule has 3 N–H and O–H groups in total. The molecule has 1 saturated carbocycles. The number of sulfonamides is 1. The molecule has 10 heteroatoms. The van der Waals surface area contributed by atoms with E-state index in [9.17, 15) is 13.2 Å². The van der Waals surface area contributed by atoms with E-state index in [1.54, 1.807) is 7.05 Å². The number of rotatable bonds is 9. The van der Waals surface area contributed by atoms with Crippen molar-refractivity contribution in [2.45, 2.75) is 45.4 Å². The molecule has 0 aromatic carbocycles. The minimum Gasteiger partial charge on any atom is -0.359 e. The van der Waals surface area contributed by atoms with Crippen LogP contribution in [-0.4, -0.2) is 70.7 Å². The number of hydrogen-bond donors (Lipinski definition) is 3. The lowest BCUT2D eigenvalue weighted by Gasteiger charge is -2.34. The number of carbonyl (C=O) groups is 1. The van der Waals surface area contributed by atoms with E-state index in [4.69, 9.17) is 0 Å². The molecule has 0 aromatic rings. The molecule has 0 radical (unpaired) electrons. The van der Waals surface area contributed by atoms with Gasteiger partial charge in [-0.3, -0.25) is 9.79 Å². The van der Waals surface area contributed by atoms with Crippen LogP contribution in [0, 0.1) is 11.8 Å². The van der Waals surface area contributed by atoms with Crippen molar-refractivity contribution in [3.8, 4) is 0 Å². The summed E-state index contributed by atoms with van der Waals surface area (Å²) in [7, 11) is -1.60. The Balaban J connectivity index is 0.00000392. The molecule has 2 aliphatic rings. The van der Waals surface area contributed by atoms with Crippen LogP contribution in [0.2, 0.25) is 0 Å². The number of piperidine rings is 1. The molecule has 1 amide bonds. The maximum atomic E-state index is 12.1. The predicted molar refractivity (Wildman–Crippen MR) is 124 cm³/mol. The lowest BCUT2D eigenvalue weighted by molar-refractivity contribution is -0.121. The summed E-state index contributed by atoms with van der Waals surface area (Å²) in [5, 5.41) is 5.94. The zero-order valence-corrected chi connectivity index (χ0v) is 20.2. The highest BCUT2D eigenvalue weighted by atomic mass is 127. The summed E-state index contributed by atoms with van der Waals surface area (Å²) in [6.45, 7) is 5.22. The molecule has 0 bridgehead atoms. The second-order valence-corrected chi connectivity index (χ2v) is 9.43. The van der Waals surface area contributed by atoms with E-state index in [1.165, 1.54) is 6.42 Å². The van der Waals surface area contributed by atoms with E-state index in [0.717, 1.165) is 51.3 Å². The Hall–Kier alpha value is -0.620. The van der Waals surface area contributed by atoms with Gasteiger partial charge >= 0.3 is 0 Å². The molecule has 1 aliphatic heterocycles. The normalized spacial score (nSPS) is 18.9. The summed E-state index contributed by atoms with van der Waals surface area (Å²) in [4.78, 5) is 18.2. The minimum atomic E-state index is -3.27. The highest BCUT2D eigenvalue weighted by Gasteiger charge is 2.23. The monoisotopic (exact) mass is 529 g/mol. The van der Waals surface area contributed by atoms with E-state index < -0.39 is 10.0 Å². The third kappa shape index (κ3) is 8.81. The summed E-state index contributed by atoms with van der Waals surface area (Å²) in [5.74, 6) is 1.79. The Morgan fingerprint density at radius 2 is 1.82 bits per heavy atom. The molecule has 1 heterocycles. The maximum absolute atomic E-state index is 12.1. The number of nitrogens with zero attached hydrogens (tertiary/aromatic N) is 2. The molecular weight excluding hydrogens is 493 g/mol. The van der Waals surface area contributed by atoms with Gasteiger partial charge in [-0.15, -0.1) is 24.0 Å². The van der Waals surface area contributed by atoms with E-state index in [-0.39, 0.29) is 42.2 Å². The standard InChI is InChI=1S/C18H35N5O3S.HI/c1-3-20-18(23-10-7-15(8-11-23)13-17(24)19-2)21-9-12-27(25,26)22-14-16-5-4-6-16;/h15-16,22H,3-14H2,1-2H3,(H,19,24)(H,20,21);1H. The van der Waals surface area contributed by atoms with Crippen LogP contribution >= 0.6 is 24.0 Å². The molecular formula is C18H36IN5O3S. The molecule has 28 heavy (non-hydrogen) atoms. The van der Waals surface area contributed by atoms with Crippen molar-refractivity contribution in [3.63, 3.8) is 0 Å². The molecule has 0 aromatic heterocycles. The summed E-state index contributed by atoms with van der Waals surface area (Å²) in [6, 6.07) is 0. The number of hydrogen-bond acceptors (Lipinski definition) is 4. The number of likely N-dealkylation sites (tertiary alicyclic amines) is 1. The second kappa shape index (κ2) is 12.8.